The van der Waals surface area contributed by atoms with Crippen molar-refractivity contribution < 1.29 is 9.90 Å². The molecule has 0 radical (unpaired) electrons. The molecule has 0 amide bonds. The number of hydrogen-bond acceptors (Lipinski definition) is 2. The number of nitrogens with one attached hydrogen (secondary N) is 1. The van der Waals surface area contributed by atoms with E-state index in [0.717, 1.165) is 11.1 Å². The van der Waals surface area contributed by atoms with Gasteiger partial charge >= 0.3 is 5.97 Å². The van der Waals surface area contributed by atoms with Crippen LogP contribution in [0.25, 0.3) is 10.8 Å². The van der Waals surface area contributed by atoms with Gasteiger partial charge in [-0.2, -0.15) is 0 Å². The second kappa shape index (κ2) is 4.87. The summed E-state index contributed by atoms with van der Waals surface area (Å²) in [5, 5.41) is 14.2. The lowest BCUT2D eigenvalue weighted by Gasteiger charge is -2.13. The van der Waals surface area contributed by atoms with Gasteiger partial charge in [-0.1, -0.05) is 30.3 Å². The first kappa shape index (κ1) is 11.5. The Morgan fingerprint density at radius 1 is 1.24 bits per heavy atom. The van der Waals surface area contributed by atoms with Gasteiger partial charge in [-0.05, 0) is 29.8 Å². The molecule has 0 saturated heterocycles. The second-order valence-electron chi connectivity index (χ2n) is 4.21. The van der Waals surface area contributed by atoms with Crippen LogP contribution in [0.3, 0.4) is 0 Å². The standard InChI is InChI=1S/C14H15NO2/c1-10(8-14(16)17)15-13-7-6-11-4-2-3-5-12(11)9-13/h2-7,9-10,15H,8H2,1H3,(H,16,17)/t10-/m0/s1. The van der Waals surface area contributed by atoms with E-state index in [1.807, 2.05) is 43.3 Å². The number of carboxylic acid groups (broad SMARTS) is 1. The van der Waals surface area contributed by atoms with Crippen molar-refractivity contribution in [2.45, 2.75) is 19.4 Å². The van der Waals surface area contributed by atoms with Crippen molar-refractivity contribution in [2.24, 2.45) is 0 Å². The molecule has 88 valence electrons. The van der Waals surface area contributed by atoms with E-state index >= 15 is 0 Å². The van der Waals surface area contributed by atoms with E-state index in [0.29, 0.717) is 0 Å². The van der Waals surface area contributed by atoms with Crippen LogP contribution >= 0.6 is 0 Å². The molecule has 0 spiro atoms. The molecular weight excluding hydrogens is 214 g/mol. The van der Waals surface area contributed by atoms with Crippen LogP contribution in [-0.2, 0) is 4.79 Å². The van der Waals surface area contributed by atoms with Gasteiger partial charge in [0.05, 0.1) is 6.42 Å². The zero-order chi connectivity index (χ0) is 12.3. The second-order valence-corrected chi connectivity index (χ2v) is 4.21. The van der Waals surface area contributed by atoms with Gasteiger partial charge in [0, 0.05) is 11.7 Å². The van der Waals surface area contributed by atoms with E-state index in [1.165, 1.54) is 5.39 Å². The lowest BCUT2D eigenvalue weighted by Crippen LogP contribution is -2.19. The van der Waals surface area contributed by atoms with Gasteiger partial charge in [0.2, 0.25) is 0 Å². The molecule has 2 N–H and O–H groups in total. The molecule has 3 heteroatoms. The topological polar surface area (TPSA) is 49.3 Å². The van der Waals surface area contributed by atoms with E-state index in [4.69, 9.17) is 5.11 Å². The van der Waals surface area contributed by atoms with Gasteiger partial charge in [0.1, 0.15) is 0 Å². The summed E-state index contributed by atoms with van der Waals surface area (Å²) < 4.78 is 0. The molecule has 2 aromatic rings. The van der Waals surface area contributed by atoms with Crippen LogP contribution in [0.2, 0.25) is 0 Å². The Balaban J connectivity index is 2.16. The molecule has 0 unspecified atom stereocenters. The summed E-state index contributed by atoms with van der Waals surface area (Å²) in [4.78, 5) is 10.6. The smallest absolute Gasteiger partial charge is 0.305 e. The predicted octanol–water partition coefficient (Wildman–Crippen LogP) is 3.11. The van der Waals surface area contributed by atoms with E-state index in [9.17, 15) is 4.79 Å². The Morgan fingerprint density at radius 2 is 1.94 bits per heavy atom. The minimum atomic E-state index is -0.786. The molecule has 0 fully saturated rings. The third-order valence-electron chi connectivity index (χ3n) is 2.64. The molecule has 17 heavy (non-hydrogen) atoms. The highest BCUT2D eigenvalue weighted by atomic mass is 16.4. The van der Waals surface area contributed by atoms with Gasteiger partial charge in [0.25, 0.3) is 0 Å². The van der Waals surface area contributed by atoms with Crippen molar-refractivity contribution in [1.82, 2.24) is 0 Å². The molecule has 2 rings (SSSR count). The maximum Gasteiger partial charge on any atom is 0.305 e. The van der Waals surface area contributed by atoms with Crippen LogP contribution in [0.15, 0.2) is 42.5 Å². The Hall–Kier alpha value is -2.03. The number of hydrogen-bond donors (Lipinski definition) is 2. The molecule has 3 nitrogen and oxygen atoms in total. The van der Waals surface area contributed by atoms with E-state index < -0.39 is 5.97 Å². The van der Waals surface area contributed by atoms with Crippen LogP contribution in [0.1, 0.15) is 13.3 Å². The maximum atomic E-state index is 10.6. The molecule has 0 aliphatic rings. The van der Waals surface area contributed by atoms with Gasteiger partial charge in [-0.15, -0.1) is 0 Å². The SMILES string of the molecule is C[C@@H](CC(=O)O)Nc1ccc2ccccc2c1. The zero-order valence-corrected chi connectivity index (χ0v) is 9.68. The summed E-state index contributed by atoms with van der Waals surface area (Å²) >= 11 is 0. The van der Waals surface area contributed by atoms with Crippen molar-refractivity contribution >= 4 is 22.4 Å². The lowest BCUT2D eigenvalue weighted by atomic mass is 10.1. The summed E-state index contributed by atoms with van der Waals surface area (Å²) in [5.74, 6) is -0.786. The highest BCUT2D eigenvalue weighted by Gasteiger charge is 2.07. The molecule has 0 aliphatic heterocycles. The third-order valence-corrected chi connectivity index (χ3v) is 2.64. The molecule has 0 aromatic heterocycles. The summed E-state index contributed by atoms with van der Waals surface area (Å²) in [7, 11) is 0. The van der Waals surface area contributed by atoms with E-state index in [2.05, 4.69) is 11.4 Å². The van der Waals surface area contributed by atoms with Crippen molar-refractivity contribution in [1.29, 1.82) is 0 Å². The first-order valence-electron chi connectivity index (χ1n) is 5.62. The number of anilines is 1. The van der Waals surface area contributed by atoms with Gasteiger partial charge < -0.3 is 10.4 Å². The van der Waals surface area contributed by atoms with Crippen LogP contribution in [0.5, 0.6) is 0 Å². The van der Waals surface area contributed by atoms with Crippen molar-refractivity contribution in [3.63, 3.8) is 0 Å². The summed E-state index contributed by atoms with van der Waals surface area (Å²) in [6, 6.07) is 14.1. The fourth-order valence-corrected chi connectivity index (χ4v) is 1.88. The Morgan fingerprint density at radius 3 is 2.65 bits per heavy atom. The van der Waals surface area contributed by atoms with Crippen molar-refractivity contribution in [3.8, 4) is 0 Å². The van der Waals surface area contributed by atoms with E-state index in [-0.39, 0.29) is 12.5 Å². The largest absolute Gasteiger partial charge is 0.481 e. The molecule has 0 saturated carbocycles. The molecule has 0 heterocycles. The van der Waals surface area contributed by atoms with Crippen LogP contribution in [-0.4, -0.2) is 17.1 Å². The summed E-state index contributed by atoms with van der Waals surface area (Å²) in [5.41, 5.74) is 0.956. The number of benzene rings is 2. The normalized spacial score (nSPS) is 12.3. The highest BCUT2D eigenvalue weighted by molar-refractivity contribution is 5.85. The monoisotopic (exact) mass is 229 g/mol. The van der Waals surface area contributed by atoms with Gasteiger partial charge in [-0.3, -0.25) is 4.79 Å². The van der Waals surface area contributed by atoms with Gasteiger partial charge in [0.15, 0.2) is 0 Å². The lowest BCUT2D eigenvalue weighted by molar-refractivity contribution is -0.137. The first-order chi connectivity index (χ1) is 8.15. The third kappa shape index (κ3) is 2.97. The predicted molar refractivity (Wildman–Crippen MR) is 69.3 cm³/mol. The van der Waals surface area contributed by atoms with Crippen LogP contribution in [0, 0.1) is 0 Å². The number of carboxylic acids is 1. The minimum absolute atomic E-state index is 0.0753. The Bertz CT molecular complexity index is 536. The Kier molecular flexibility index (Phi) is 3.28. The summed E-state index contributed by atoms with van der Waals surface area (Å²) in [6.07, 6.45) is 0.118. The average molecular weight is 229 g/mol. The van der Waals surface area contributed by atoms with E-state index in [1.54, 1.807) is 0 Å². The van der Waals surface area contributed by atoms with Crippen molar-refractivity contribution in [2.75, 3.05) is 5.32 Å². The van der Waals surface area contributed by atoms with Gasteiger partial charge in [-0.25, -0.2) is 0 Å². The fourth-order valence-electron chi connectivity index (χ4n) is 1.88. The molecule has 2 aromatic carbocycles. The number of carbonyl (C=O) groups is 1. The number of fused-ring (bicyclic) bond motifs is 1. The maximum absolute atomic E-state index is 10.6. The highest BCUT2D eigenvalue weighted by Crippen LogP contribution is 2.19. The Labute approximate surface area is 100 Å². The fraction of sp³-hybridized carbons (Fsp3) is 0.214. The van der Waals surface area contributed by atoms with Crippen LogP contribution in [0.4, 0.5) is 5.69 Å². The molecular formula is C14H15NO2. The minimum Gasteiger partial charge on any atom is -0.481 e. The summed E-state index contributed by atoms with van der Waals surface area (Å²) in [6.45, 7) is 1.86. The number of aliphatic carboxylic acids is 1. The molecule has 0 aliphatic carbocycles. The molecule has 1 atom stereocenters. The quantitative estimate of drug-likeness (QED) is 0.846. The first-order valence-corrected chi connectivity index (χ1v) is 5.62. The van der Waals surface area contributed by atoms with Crippen molar-refractivity contribution in [3.05, 3.63) is 42.5 Å². The van der Waals surface area contributed by atoms with Crippen LogP contribution < -0.4 is 5.32 Å². The number of rotatable bonds is 4. The average Bonchev–Trinajstić information content (AvgIpc) is 2.27. The zero-order valence-electron chi connectivity index (χ0n) is 9.68. The molecule has 0 bridgehead atoms.